The van der Waals surface area contributed by atoms with Crippen LogP contribution in [0.15, 0.2) is 0 Å². The van der Waals surface area contributed by atoms with Crippen molar-refractivity contribution in [2.24, 2.45) is 0 Å². The van der Waals surface area contributed by atoms with Crippen molar-refractivity contribution in [3.8, 4) is 0 Å². The smallest absolute Gasteiger partial charge is 0.325 e. The van der Waals surface area contributed by atoms with Crippen LogP contribution < -0.4 is 0 Å². The lowest BCUT2D eigenvalue weighted by atomic mass is 10.4. The first kappa shape index (κ1) is 10.4. The molecular weight excluding hydrogens is 142 g/mol. The summed E-state index contributed by atoms with van der Waals surface area (Å²) in [4.78, 5) is 12.5. The molecule has 0 spiro atoms. The van der Waals surface area contributed by atoms with Gasteiger partial charge in [-0.2, -0.15) is 0 Å². The third-order valence-corrected chi connectivity index (χ3v) is 1.11. The lowest BCUT2D eigenvalue weighted by Gasteiger charge is -2.07. The Morgan fingerprint density at radius 3 is 2.64 bits per heavy atom. The Hall–Kier alpha value is -0.570. The van der Waals surface area contributed by atoms with Crippen molar-refractivity contribution >= 4 is 5.97 Å². The van der Waals surface area contributed by atoms with E-state index in [1.165, 1.54) is 6.54 Å². The first-order valence-corrected chi connectivity index (χ1v) is 3.85. The molecule has 0 amide bonds. The molecule has 0 aliphatic heterocycles. The van der Waals surface area contributed by atoms with Gasteiger partial charge in [-0.3, -0.25) is 9.69 Å². The number of nitrogens with zero attached hydrogens (tertiary/aromatic N) is 1. The van der Waals surface area contributed by atoms with E-state index in [9.17, 15) is 4.79 Å². The van der Waals surface area contributed by atoms with E-state index in [-0.39, 0.29) is 5.97 Å². The van der Waals surface area contributed by atoms with E-state index < -0.39 is 0 Å². The van der Waals surface area contributed by atoms with Crippen LogP contribution in [-0.4, -0.2) is 31.6 Å². The van der Waals surface area contributed by atoms with Gasteiger partial charge >= 0.3 is 5.97 Å². The van der Waals surface area contributed by atoms with Gasteiger partial charge in [-0.05, 0) is 20.5 Å². The fourth-order valence-electron chi connectivity index (χ4n) is 0.565. The number of ether oxygens (including phenoxy) is 1. The van der Waals surface area contributed by atoms with Crippen LogP contribution in [0.5, 0.6) is 0 Å². The highest BCUT2D eigenvalue weighted by molar-refractivity contribution is 5.78. The molecule has 0 fully saturated rings. The van der Waals surface area contributed by atoms with Crippen molar-refractivity contribution < 1.29 is 9.53 Å². The van der Waals surface area contributed by atoms with Crippen molar-refractivity contribution in [1.82, 2.24) is 4.90 Å². The first-order valence-electron chi connectivity index (χ1n) is 3.85. The normalized spacial score (nSPS) is 10.2. The van der Waals surface area contributed by atoms with E-state index in [1.807, 2.05) is 0 Å². The molecule has 3 nitrogen and oxygen atoms in total. The zero-order chi connectivity index (χ0) is 8.69. The Kier molecular flexibility index (Phi) is 5.84. The molecule has 0 aromatic rings. The summed E-state index contributed by atoms with van der Waals surface area (Å²) in [6, 6.07) is 0. The molecule has 1 radical (unpaired) electrons. The molecule has 11 heavy (non-hydrogen) atoms. The van der Waals surface area contributed by atoms with Crippen LogP contribution in [0.25, 0.3) is 0 Å². The minimum Gasteiger partial charge on any atom is -0.464 e. The zero-order valence-electron chi connectivity index (χ0n) is 7.46. The highest BCUT2D eigenvalue weighted by Gasteiger charge is 2.03. The van der Waals surface area contributed by atoms with Crippen molar-refractivity contribution in [3.63, 3.8) is 0 Å². The molecule has 3 heteroatoms. The van der Waals surface area contributed by atoms with Gasteiger partial charge in [0.25, 0.3) is 0 Å². The van der Waals surface area contributed by atoms with Gasteiger partial charge in [0.05, 0.1) is 6.61 Å². The van der Waals surface area contributed by atoms with E-state index in [0.717, 1.165) is 12.8 Å². The monoisotopic (exact) mass is 158 g/mol. The zero-order valence-corrected chi connectivity index (χ0v) is 7.46. The maximum atomic E-state index is 10.8. The lowest BCUT2D eigenvalue weighted by Crippen LogP contribution is -2.17. The van der Waals surface area contributed by atoms with Gasteiger partial charge in [0.1, 0.15) is 6.54 Å². The molecular formula is C8H16NO2. The largest absolute Gasteiger partial charge is 0.464 e. The van der Waals surface area contributed by atoms with Gasteiger partial charge in [0.2, 0.25) is 0 Å². The second-order valence-corrected chi connectivity index (χ2v) is 2.61. The number of likely N-dealkylation sites (N-methyl/N-ethyl adjacent to an activating group) is 1. The van der Waals surface area contributed by atoms with Gasteiger partial charge in [-0.15, -0.1) is 0 Å². The Bertz CT molecular complexity index is 113. The van der Waals surface area contributed by atoms with Crippen molar-refractivity contribution in [3.05, 3.63) is 6.54 Å². The van der Waals surface area contributed by atoms with Crippen molar-refractivity contribution in [2.45, 2.75) is 19.8 Å². The molecule has 0 aromatic heterocycles. The molecule has 0 heterocycles. The van der Waals surface area contributed by atoms with E-state index in [4.69, 9.17) is 4.74 Å². The van der Waals surface area contributed by atoms with Crippen LogP contribution in [0, 0.1) is 6.54 Å². The number of unbranched alkanes of at least 4 members (excludes halogenated alkanes) is 1. The molecule has 65 valence electrons. The molecule has 0 aliphatic carbocycles. The predicted octanol–water partition coefficient (Wildman–Crippen LogP) is 1.05. The second kappa shape index (κ2) is 6.16. The fourth-order valence-corrected chi connectivity index (χ4v) is 0.565. The predicted molar refractivity (Wildman–Crippen MR) is 43.9 cm³/mol. The van der Waals surface area contributed by atoms with Crippen LogP contribution in [0.1, 0.15) is 19.8 Å². The summed E-state index contributed by atoms with van der Waals surface area (Å²) in [6.45, 7) is 4.01. The van der Waals surface area contributed by atoms with Gasteiger partial charge in [-0.25, -0.2) is 0 Å². The Balaban J connectivity index is 3.23. The number of carbonyl (C=O) groups excluding carboxylic acids is 1. The van der Waals surface area contributed by atoms with Gasteiger partial charge in [0.15, 0.2) is 0 Å². The summed E-state index contributed by atoms with van der Waals surface area (Å²) in [6.07, 6.45) is 1.99. The number of hydrogen-bond acceptors (Lipinski definition) is 3. The Labute approximate surface area is 68.3 Å². The van der Waals surface area contributed by atoms with E-state index in [2.05, 4.69) is 6.92 Å². The SMILES string of the molecule is CCCCOC(=O)[CH]N(C)C. The van der Waals surface area contributed by atoms with Crippen LogP contribution in [0.3, 0.4) is 0 Å². The Morgan fingerprint density at radius 1 is 1.55 bits per heavy atom. The number of rotatable bonds is 5. The van der Waals surface area contributed by atoms with Crippen LogP contribution in [0.2, 0.25) is 0 Å². The van der Waals surface area contributed by atoms with Gasteiger partial charge in [0, 0.05) is 0 Å². The molecule has 0 N–H and O–H groups in total. The average molecular weight is 158 g/mol. The minimum atomic E-state index is -0.261. The molecule has 0 atom stereocenters. The third-order valence-electron chi connectivity index (χ3n) is 1.11. The van der Waals surface area contributed by atoms with Gasteiger partial charge in [-0.1, -0.05) is 13.3 Å². The quantitative estimate of drug-likeness (QED) is 0.442. The summed E-state index contributed by atoms with van der Waals surface area (Å²) < 4.78 is 4.86. The molecule has 0 saturated heterocycles. The van der Waals surface area contributed by atoms with E-state index >= 15 is 0 Å². The molecule has 0 aromatic carbocycles. The van der Waals surface area contributed by atoms with Crippen LogP contribution in [-0.2, 0) is 9.53 Å². The number of esters is 1. The highest BCUT2D eigenvalue weighted by Crippen LogP contribution is 1.92. The molecule has 0 unspecified atom stereocenters. The van der Waals surface area contributed by atoms with Crippen LogP contribution >= 0.6 is 0 Å². The van der Waals surface area contributed by atoms with E-state index in [0.29, 0.717) is 6.61 Å². The van der Waals surface area contributed by atoms with Gasteiger partial charge < -0.3 is 4.74 Å². The standard InChI is InChI=1S/C8H16NO2/c1-4-5-6-11-8(10)7-9(2)3/h7H,4-6H2,1-3H3. The summed E-state index contributed by atoms with van der Waals surface area (Å²) >= 11 is 0. The topological polar surface area (TPSA) is 29.5 Å². The third kappa shape index (κ3) is 7.33. The fraction of sp³-hybridized carbons (Fsp3) is 0.750. The maximum Gasteiger partial charge on any atom is 0.325 e. The summed E-state index contributed by atoms with van der Waals surface area (Å²) in [7, 11) is 3.59. The maximum absolute atomic E-state index is 10.8. The first-order chi connectivity index (χ1) is 5.16. The molecule has 0 aliphatic rings. The highest BCUT2D eigenvalue weighted by atomic mass is 16.5. The lowest BCUT2D eigenvalue weighted by molar-refractivity contribution is -0.141. The molecule has 0 rings (SSSR count). The summed E-state index contributed by atoms with van der Waals surface area (Å²) in [5.41, 5.74) is 0. The van der Waals surface area contributed by atoms with Crippen molar-refractivity contribution in [2.75, 3.05) is 20.7 Å². The second-order valence-electron chi connectivity index (χ2n) is 2.61. The van der Waals surface area contributed by atoms with Crippen molar-refractivity contribution in [1.29, 1.82) is 0 Å². The van der Waals surface area contributed by atoms with Crippen LogP contribution in [0.4, 0.5) is 0 Å². The Morgan fingerprint density at radius 2 is 2.18 bits per heavy atom. The summed E-state index contributed by atoms with van der Waals surface area (Å²) in [5.74, 6) is -0.261. The minimum absolute atomic E-state index is 0.261. The van der Waals surface area contributed by atoms with E-state index in [1.54, 1.807) is 19.0 Å². The number of hydrogen-bond donors (Lipinski definition) is 0. The summed E-state index contributed by atoms with van der Waals surface area (Å²) in [5, 5.41) is 0. The molecule has 0 bridgehead atoms. The number of carbonyl (C=O) groups is 1. The molecule has 0 saturated carbocycles. The average Bonchev–Trinajstić information content (AvgIpc) is 1.86.